The zero-order valence-corrected chi connectivity index (χ0v) is 17.5. The van der Waals surface area contributed by atoms with E-state index < -0.39 is 0 Å². The third-order valence-electron chi connectivity index (χ3n) is 5.89. The van der Waals surface area contributed by atoms with Crippen LogP contribution < -0.4 is 4.90 Å². The van der Waals surface area contributed by atoms with Crippen molar-refractivity contribution in [1.29, 1.82) is 0 Å². The first-order chi connectivity index (χ1) is 13.6. The summed E-state index contributed by atoms with van der Waals surface area (Å²) in [6.45, 7) is 8.02. The van der Waals surface area contributed by atoms with Crippen molar-refractivity contribution in [1.82, 2.24) is 14.9 Å². The second-order valence-corrected chi connectivity index (χ2v) is 8.48. The van der Waals surface area contributed by atoms with Crippen molar-refractivity contribution in [3.05, 3.63) is 52.8 Å². The highest BCUT2D eigenvalue weighted by Gasteiger charge is 2.34. The number of anilines is 1. The molecule has 0 unspecified atom stereocenters. The molecule has 4 rings (SSSR count). The third-order valence-corrected chi connectivity index (χ3v) is 6.15. The highest BCUT2D eigenvalue weighted by atomic mass is 35.5. The molecule has 0 N–H and O–H groups in total. The van der Waals surface area contributed by atoms with Crippen molar-refractivity contribution < 1.29 is 4.74 Å². The molecule has 5 nitrogen and oxygen atoms in total. The lowest BCUT2D eigenvalue weighted by Crippen LogP contribution is -2.56. The normalized spacial score (nSPS) is 24.5. The maximum Gasteiger partial charge on any atom is 0.225 e. The molecule has 0 spiro atoms. The van der Waals surface area contributed by atoms with Crippen molar-refractivity contribution in [3.8, 4) is 0 Å². The van der Waals surface area contributed by atoms with Gasteiger partial charge in [-0.05, 0) is 56.9 Å². The van der Waals surface area contributed by atoms with Crippen LogP contribution in [0.4, 0.5) is 5.95 Å². The van der Waals surface area contributed by atoms with Gasteiger partial charge < -0.3 is 9.64 Å². The quantitative estimate of drug-likeness (QED) is 0.782. The molecule has 0 aliphatic carbocycles. The number of rotatable bonds is 4. The molecule has 2 aromatic rings. The summed E-state index contributed by atoms with van der Waals surface area (Å²) in [6, 6.07) is 11.2. The van der Waals surface area contributed by atoms with E-state index >= 15 is 0 Å². The van der Waals surface area contributed by atoms with Gasteiger partial charge in [-0.3, -0.25) is 4.90 Å². The number of aryl methyl sites for hydroxylation is 1. The molecule has 1 aromatic carbocycles. The highest BCUT2D eigenvalue weighted by molar-refractivity contribution is 6.30. The molecule has 0 radical (unpaired) electrons. The van der Waals surface area contributed by atoms with E-state index in [-0.39, 0.29) is 0 Å². The van der Waals surface area contributed by atoms with Crippen LogP contribution in [0, 0.1) is 6.92 Å². The third kappa shape index (κ3) is 4.65. The van der Waals surface area contributed by atoms with E-state index in [1.54, 1.807) is 0 Å². The van der Waals surface area contributed by atoms with E-state index in [2.05, 4.69) is 38.8 Å². The van der Waals surface area contributed by atoms with Crippen LogP contribution in [-0.2, 0) is 11.2 Å². The Balaban J connectivity index is 1.41. The average molecular weight is 401 g/mol. The van der Waals surface area contributed by atoms with Crippen molar-refractivity contribution in [2.24, 2.45) is 0 Å². The van der Waals surface area contributed by atoms with Gasteiger partial charge in [-0.2, -0.15) is 0 Å². The second kappa shape index (κ2) is 8.76. The van der Waals surface area contributed by atoms with Gasteiger partial charge in [0.25, 0.3) is 0 Å². The summed E-state index contributed by atoms with van der Waals surface area (Å²) in [5.74, 6) is 0.867. The fourth-order valence-electron chi connectivity index (χ4n) is 4.37. The summed E-state index contributed by atoms with van der Waals surface area (Å²) in [7, 11) is 0. The van der Waals surface area contributed by atoms with Crippen molar-refractivity contribution >= 4 is 17.5 Å². The van der Waals surface area contributed by atoms with Crippen LogP contribution >= 0.6 is 11.6 Å². The molecule has 6 heteroatoms. The van der Waals surface area contributed by atoms with Gasteiger partial charge in [0.2, 0.25) is 5.95 Å². The molecule has 0 saturated carbocycles. The molecule has 0 bridgehead atoms. The van der Waals surface area contributed by atoms with Gasteiger partial charge in [0.05, 0.1) is 12.7 Å². The number of morpholine rings is 1. The minimum absolute atomic E-state index is 0.291. The highest BCUT2D eigenvalue weighted by Crippen LogP contribution is 2.26. The van der Waals surface area contributed by atoms with Gasteiger partial charge >= 0.3 is 0 Å². The maximum atomic E-state index is 6.05. The lowest BCUT2D eigenvalue weighted by atomic mass is 9.96. The van der Waals surface area contributed by atoms with Crippen LogP contribution in [-0.4, -0.2) is 59.3 Å². The molecule has 2 aliphatic rings. The number of ether oxygens (including phenoxy) is 1. The Morgan fingerprint density at radius 2 is 1.89 bits per heavy atom. The summed E-state index contributed by atoms with van der Waals surface area (Å²) in [6.07, 6.45) is 5.43. The summed E-state index contributed by atoms with van der Waals surface area (Å²) < 4.78 is 6.01. The molecule has 1 aromatic heterocycles. The van der Waals surface area contributed by atoms with Crippen LogP contribution in [0.5, 0.6) is 0 Å². The van der Waals surface area contributed by atoms with Crippen molar-refractivity contribution in [3.63, 3.8) is 0 Å². The Morgan fingerprint density at radius 1 is 1.14 bits per heavy atom. The van der Waals surface area contributed by atoms with Crippen molar-refractivity contribution in [2.45, 2.75) is 51.3 Å². The van der Waals surface area contributed by atoms with E-state index in [0.29, 0.717) is 18.2 Å². The molecule has 3 heterocycles. The Morgan fingerprint density at radius 3 is 2.61 bits per heavy atom. The lowest BCUT2D eigenvalue weighted by Gasteiger charge is -2.46. The van der Waals surface area contributed by atoms with Crippen LogP contribution in [0.25, 0.3) is 0 Å². The number of hydrogen-bond acceptors (Lipinski definition) is 5. The van der Waals surface area contributed by atoms with Crippen LogP contribution in [0.1, 0.15) is 31.0 Å². The standard InChI is InChI=1S/C22H29ClN4O/c1-16-7-10-24-22(25-16)26-11-8-20(9-12-26)27-14-17(2)28-15-21(27)13-18-3-5-19(23)6-4-18/h3-7,10,17,20-21H,8-9,11-15H2,1-2H3/t17-,21-/m0/s1. The second-order valence-electron chi connectivity index (χ2n) is 8.04. The largest absolute Gasteiger partial charge is 0.376 e. The first-order valence-corrected chi connectivity index (χ1v) is 10.6. The molecule has 2 aliphatic heterocycles. The van der Waals surface area contributed by atoms with Crippen molar-refractivity contribution in [2.75, 3.05) is 31.1 Å². The Labute approximate surface area is 172 Å². The van der Waals surface area contributed by atoms with Gasteiger partial charge in [0.15, 0.2) is 0 Å². The predicted molar refractivity (Wildman–Crippen MR) is 113 cm³/mol. The number of hydrogen-bond donors (Lipinski definition) is 0. The minimum Gasteiger partial charge on any atom is -0.376 e. The minimum atomic E-state index is 0.291. The predicted octanol–water partition coefficient (Wildman–Crippen LogP) is 3.74. The average Bonchev–Trinajstić information content (AvgIpc) is 2.71. The summed E-state index contributed by atoms with van der Waals surface area (Å²) in [4.78, 5) is 14.1. The number of benzene rings is 1. The van der Waals surface area contributed by atoms with Gasteiger partial charge in [-0.15, -0.1) is 0 Å². The lowest BCUT2D eigenvalue weighted by molar-refractivity contribution is -0.0745. The fraction of sp³-hybridized carbons (Fsp3) is 0.545. The van der Waals surface area contributed by atoms with Gasteiger partial charge in [-0.1, -0.05) is 23.7 Å². The summed E-state index contributed by atoms with van der Waals surface area (Å²) in [5.41, 5.74) is 2.35. The monoisotopic (exact) mass is 400 g/mol. The maximum absolute atomic E-state index is 6.05. The number of piperidine rings is 1. The Kier molecular flexibility index (Phi) is 6.14. The molecule has 2 fully saturated rings. The molecule has 150 valence electrons. The number of aromatic nitrogens is 2. The molecular formula is C22H29ClN4O. The van der Waals surface area contributed by atoms with E-state index in [1.807, 2.05) is 31.3 Å². The number of halogens is 1. The van der Waals surface area contributed by atoms with Gasteiger partial charge in [0, 0.05) is 48.6 Å². The van der Waals surface area contributed by atoms with Gasteiger partial charge in [-0.25, -0.2) is 9.97 Å². The number of nitrogens with zero attached hydrogens (tertiary/aromatic N) is 4. The van der Waals surface area contributed by atoms with Crippen LogP contribution in [0.3, 0.4) is 0 Å². The zero-order chi connectivity index (χ0) is 19.5. The first kappa shape index (κ1) is 19.6. The smallest absolute Gasteiger partial charge is 0.225 e. The van der Waals surface area contributed by atoms with E-state index in [4.69, 9.17) is 16.3 Å². The first-order valence-electron chi connectivity index (χ1n) is 10.2. The van der Waals surface area contributed by atoms with Crippen LogP contribution in [0.15, 0.2) is 36.5 Å². The van der Waals surface area contributed by atoms with E-state index in [9.17, 15) is 0 Å². The molecule has 2 saturated heterocycles. The Bertz CT molecular complexity index is 776. The Hall–Kier alpha value is -1.69. The molecule has 28 heavy (non-hydrogen) atoms. The SMILES string of the molecule is Cc1ccnc(N2CCC(N3C[C@H](C)OC[C@@H]3Cc3ccc(Cl)cc3)CC2)n1. The summed E-state index contributed by atoms with van der Waals surface area (Å²) in [5, 5.41) is 0.792. The zero-order valence-electron chi connectivity index (χ0n) is 16.7. The molecule has 0 amide bonds. The van der Waals surface area contributed by atoms with Crippen LogP contribution in [0.2, 0.25) is 5.02 Å². The van der Waals surface area contributed by atoms with Gasteiger partial charge in [0.1, 0.15) is 0 Å². The van der Waals surface area contributed by atoms with E-state index in [0.717, 1.165) is 62.2 Å². The topological polar surface area (TPSA) is 41.5 Å². The fourth-order valence-corrected chi connectivity index (χ4v) is 4.50. The van der Waals surface area contributed by atoms with E-state index in [1.165, 1.54) is 5.56 Å². The molecular weight excluding hydrogens is 372 g/mol. The molecule has 2 atom stereocenters. The summed E-state index contributed by atoms with van der Waals surface area (Å²) >= 11 is 6.05.